The number of halogens is 1. The molecular formula is C12H19BrN2O3. The van der Waals surface area contributed by atoms with Gasteiger partial charge in [-0.25, -0.2) is 0 Å². The maximum atomic E-state index is 12.4. The third-order valence-corrected chi connectivity index (χ3v) is 3.88. The molecule has 2 unspecified atom stereocenters. The van der Waals surface area contributed by atoms with Gasteiger partial charge in [-0.3, -0.25) is 9.59 Å². The normalized spacial score (nSPS) is 26.2. The fourth-order valence-electron chi connectivity index (χ4n) is 2.51. The van der Waals surface area contributed by atoms with Crippen molar-refractivity contribution in [2.75, 3.05) is 32.8 Å². The molecule has 0 aliphatic carbocycles. The summed E-state index contributed by atoms with van der Waals surface area (Å²) in [6.45, 7) is 4.97. The van der Waals surface area contributed by atoms with Gasteiger partial charge in [0.1, 0.15) is 6.04 Å². The van der Waals surface area contributed by atoms with Crippen LogP contribution in [0, 0.1) is 0 Å². The zero-order valence-electron chi connectivity index (χ0n) is 10.6. The highest BCUT2D eigenvalue weighted by Gasteiger charge is 2.37. The number of carbonyl (C=O) groups excluding carboxylic acids is 2. The maximum Gasteiger partial charge on any atom is 0.245 e. The van der Waals surface area contributed by atoms with Crippen LogP contribution in [0.5, 0.6) is 0 Å². The summed E-state index contributed by atoms with van der Waals surface area (Å²) in [5.41, 5.74) is 0. The van der Waals surface area contributed by atoms with Gasteiger partial charge < -0.3 is 14.5 Å². The van der Waals surface area contributed by atoms with Gasteiger partial charge in [-0.05, 0) is 19.8 Å². The molecule has 2 aliphatic rings. The van der Waals surface area contributed by atoms with Gasteiger partial charge in [0.15, 0.2) is 0 Å². The zero-order chi connectivity index (χ0) is 13.1. The number of nitrogens with zero attached hydrogens (tertiary/aromatic N) is 2. The van der Waals surface area contributed by atoms with E-state index < -0.39 is 0 Å². The van der Waals surface area contributed by atoms with Crippen LogP contribution in [0.2, 0.25) is 0 Å². The highest BCUT2D eigenvalue weighted by Crippen LogP contribution is 2.22. The predicted molar refractivity (Wildman–Crippen MR) is 70.5 cm³/mol. The van der Waals surface area contributed by atoms with Crippen molar-refractivity contribution in [1.82, 2.24) is 9.80 Å². The van der Waals surface area contributed by atoms with E-state index in [9.17, 15) is 9.59 Å². The number of amides is 2. The Morgan fingerprint density at radius 2 is 1.94 bits per heavy atom. The molecule has 5 nitrogen and oxygen atoms in total. The monoisotopic (exact) mass is 318 g/mol. The van der Waals surface area contributed by atoms with E-state index in [1.165, 1.54) is 0 Å². The minimum Gasteiger partial charge on any atom is -0.378 e. The number of carbonyl (C=O) groups is 2. The molecule has 6 heteroatoms. The van der Waals surface area contributed by atoms with E-state index >= 15 is 0 Å². The number of ether oxygens (including phenoxy) is 1. The van der Waals surface area contributed by atoms with Crippen LogP contribution < -0.4 is 0 Å². The van der Waals surface area contributed by atoms with Crippen LogP contribution in [0.1, 0.15) is 19.8 Å². The Bertz CT molecular complexity index is 329. The topological polar surface area (TPSA) is 49.9 Å². The van der Waals surface area contributed by atoms with E-state index in [1.807, 2.05) is 4.90 Å². The van der Waals surface area contributed by atoms with E-state index in [0.29, 0.717) is 32.8 Å². The van der Waals surface area contributed by atoms with Crippen molar-refractivity contribution in [3.8, 4) is 0 Å². The minimum atomic E-state index is -0.268. The quantitative estimate of drug-likeness (QED) is 0.701. The van der Waals surface area contributed by atoms with Crippen molar-refractivity contribution in [3.63, 3.8) is 0 Å². The van der Waals surface area contributed by atoms with Crippen molar-refractivity contribution in [3.05, 3.63) is 0 Å². The average molecular weight is 319 g/mol. The van der Waals surface area contributed by atoms with Gasteiger partial charge in [-0.15, -0.1) is 0 Å². The first kappa shape index (κ1) is 13.8. The second-order valence-electron chi connectivity index (χ2n) is 4.74. The zero-order valence-corrected chi connectivity index (χ0v) is 12.2. The molecule has 2 aliphatic heterocycles. The van der Waals surface area contributed by atoms with Crippen LogP contribution in [-0.4, -0.2) is 65.3 Å². The van der Waals surface area contributed by atoms with Crippen molar-refractivity contribution >= 4 is 27.7 Å². The second kappa shape index (κ2) is 6.02. The highest BCUT2D eigenvalue weighted by atomic mass is 79.9. The maximum absolute atomic E-state index is 12.4. The van der Waals surface area contributed by atoms with Crippen LogP contribution in [0.3, 0.4) is 0 Å². The number of rotatable bonds is 2. The molecule has 2 saturated heterocycles. The lowest BCUT2D eigenvalue weighted by molar-refractivity contribution is -0.146. The van der Waals surface area contributed by atoms with E-state index in [2.05, 4.69) is 15.9 Å². The summed E-state index contributed by atoms with van der Waals surface area (Å²) in [4.78, 5) is 27.7. The lowest BCUT2D eigenvalue weighted by atomic mass is 10.1. The first-order valence-electron chi connectivity index (χ1n) is 6.42. The third kappa shape index (κ3) is 2.85. The van der Waals surface area contributed by atoms with Crippen LogP contribution in [0.15, 0.2) is 0 Å². The minimum absolute atomic E-state index is 0.0131. The molecule has 2 amide bonds. The fraction of sp³-hybridized carbons (Fsp3) is 0.833. The fourth-order valence-corrected chi connectivity index (χ4v) is 2.77. The summed E-state index contributed by atoms with van der Waals surface area (Å²) in [5.74, 6) is 0.0939. The van der Waals surface area contributed by atoms with Gasteiger partial charge in [-0.1, -0.05) is 15.9 Å². The molecular weight excluding hydrogens is 300 g/mol. The van der Waals surface area contributed by atoms with Crippen molar-refractivity contribution in [2.45, 2.75) is 30.6 Å². The summed E-state index contributed by atoms with van der Waals surface area (Å²) in [6, 6.07) is -0.268. The van der Waals surface area contributed by atoms with Gasteiger partial charge in [0, 0.05) is 19.6 Å². The smallest absolute Gasteiger partial charge is 0.245 e. The molecule has 18 heavy (non-hydrogen) atoms. The number of morpholine rings is 1. The van der Waals surface area contributed by atoms with Crippen LogP contribution >= 0.6 is 15.9 Å². The molecule has 0 bridgehead atoms. The lowest BCUT2D eigenvalue weighted by Crippen LogP contribution is -2.52. The number of alkyl halides is 1. The molecule has 0 N–H and O–H groups in total. The van der Waals surface area contributed by atoms with Gasteiger partial charge in [-0.2, -0.15) is 0 Å². The largest absolute Gasteiger partial charge is 0.378 e. The van der Waals surface area contributed by atoms with Gasteiger partial charge in [0.25, 0.3) is 0 Å². The number of likely N-dealkylation sites (tertiary alicyclic amines) is 1. The number of hydrogen-bond donors (Lipinski definition) is 0. The molecule has 2 heterocycles. The standard InChI is InChI=1S/C12H19BrN2O3/c1-9(13)11(16)15-4-2-3-10(15)12(17)14-5-7-18-8-6-14/h9-10H,2-8H2,1H3. The van der Waals surface area contributed by atoms with Gasteiger partial charge >= 0.3 is 0 Å². The Morgan fingerprint density at radius 1 is 1.28 bits per heavy atom. The Kier molecular flexibility index (Phi) is 4.61. The molecule has 0 aromatic heterocycles. The summed E-state index contributed by atoms with van der Waals surface area (Å²) in [7, 11) is 0. The van der Waals surface area contributed by atoms with Crippen LogP contribution in [0.4, 0.5) is 0 Å². The summed E-state index contributed by atoms with van der Waals surface area (Å²) < 4.78 is 5.24. The molecule has 0 aromatic rings. The summed E-state index contributed by atoms with van der Waals surface area (Å²) in [6.07, 6.45) is 1.69. The van der Waals surface area contributed by atoms with Gasteiger partial charge in [0.2, 0.25) is 11.8 Å². The first-order valence-corrected chi connectivity index (χ1v) is 7.34. The van der Waals surface area contributed by atoms with Gasteiger partial charge in [0.05, 0.1) is 18.0 Å². The van der Waals surface area contributed by atoms with Crippen LogP contribution in [0.25, 0.3) is 0 Å². The highest BCUT2D eigenvalue weighted by molar-refractivity contribution is 9.10. The average Bonchev–Trinajstić information content (AvgIpc) is 2.87. The molecule has 102 valence electrons. The molecule has 2 rings (SSSR count). The van der Waals surface area contributed by atoms with E-state index in [0.717, 1.165) is 12.8 Å². The Morgan fingerprint density at radius 3 is 2.56 bits per heavy atom. The Hall–Kier alpha value is -0.620. The molecule has 0 spiro atoms. The van der Waals surface area contributed by atoms with E-state index in [-0.39, 0.29) is 22.7 Å². The van der Waals surface area contributed by atoms with E-state index in [4.69, 9.17) is 4.74 Å². The SMILES string of the molecule is CC(Br)C(=O)N1CCCC1C(=O)N1CCOCC1. The second-order valence-corrected chi connectivity index (χ2v) is 6.12. The first-order chi connectivity index (χ1) is 8.61. The Balaban J connectivity index is 2.01. The van der Waals surface area contributed by atoms with E-state index in [1.54, 1.807) is 11.8 Å². The van der Waals surface area contributed by atoms with Crippen molar-refractivity contribution in [2.24, 2.45) is 0 Å². The molecule has 0 aromatic carbocycles. The molecule has 0 saturated carbocycles. The summed E-state index contributed by atoms with van der Waals surface area (Å²) >= 11 is 3.29. The molecule has 0 radical (unpaired) electrons. The lowest BCUT2D eigenvalue weighted by Gasteiger charge is -2.33. The molecule has 2 fully saturated rings. The number of hydrogen-bond acceptors (Lipinski definition) is 3. The molecule has 2 atom stereocenters. The third-order valence-electron chi connectivity index (χ3n) is 3.48. The summed E-state index contributed by atoms with van der Waals surface area (Å²) in [5, 5.41) is 0. The van der Waals surface area contributed by atoms with Crippen molar-refractivity contribution in [1.29, 1.82) is 0 Å². The Labute approximate surface area is 116 Å². The van der Waals surface area contributed by atoms with Crippen molar-refractivity contribution < 1.29 is 14.3 Å². The predicted octanol–water partition coefficient (Wildman–Crippen LogP) is 0.620. The van der Waals surface area contributed by atoms with Crippen LogP contribution in [-0.2, 0) is 14.3 Å².